The molecule has 0 saturated carbocycles. The number of anilines is 1. The van der Waals surface area contributed by atoms with Crippen LogP contribution >= 0.6 is 0 Å². The second-order valence-electron chi connectivity index (χ2n) is 5.69. The Morgan fingerprint density at radius 3 is 2.54 bits per heavy atom. The number of halogens is 1. The average molecular weight is 348 g/mol. The molecule has 3 rings (SSSR count). The lowest BCUT2D eigenvalue weighted by molar-refractivity contribution is 0.0930. The molecule has 1 amide bonds. The van der Waals surface area contributed by atoms with Gasteiger partial charge in [-0.05, 0) is 30.2 Å². The lowest BCUT2D eigenvalue weighted by Crippen LogP contribution is -2.40. The van der Waals surface area contributed by atoms with Crippen LogP contribution in [0, 0.1) is 5.82 Å². The van der Waals surface area contributed by atoms with Crippen LogP contribution in [0.15, 0.2) is 48.5 Å². The van der Waals surface area contributed by atoms with Crippen LogP contribution in [0.3, 0.4) is 0 Å². The minimum atomic E-state index is -3.39. The summed E-state index contributed by atoms with van der Waals surface area (Å²) in [4.78, 5) is 12.3. The number of nitrogens with one attached hydrogen (secondary N) is 1. The maximum atomic E-state index is 13.8. The molecular formula is C17H17FN2O3S. The second-order valence-corrected chi connectivity index (χ2v) is 7.60. The van der Waals surface area contributed by atoms with Crippen molar-refractivity contribution in [1.29, 1.82) is 0 Å². The van der Waals surface area contributed by atoms with Gasteiger partial charge in [-0.15, -0.1) is 0 Å². The molecule has 126 valence electrons. The molecule has 1 N–H and O–H groups in total. The number of nitrogens with zero attached hydrogens (tertiary/aromatic N) is 1. The molecule has 0 bridgehead atoms. The number of carbonyl (C=O) groups excluding carboxylic acids is 1. The second kappa shape index (κ2) is 6.24. The highest BCUT2D eigenvalue weighted by Crippen LogP contribution is 2.35. The van der Waals surface area contributed by atoms with Crippen molar-refractivity contribution in [3.05, 3.63) is 65.5 Å². The molecule has 1 heterocycles. The van der Waals surface area contributed by atoms with E-state index in [2.05, 4.69) is 5.32 Å². The van der Waals surface area contributed by atoms with Crippen molar-refractivity contribution in [2.75, 3.05) is 17.1 Å². The smallest absolute Gasteiger partial charge is 0.254 e. The van der Waals surface area contributed by atoms with Gasteiger partial charge in [-0.3, -0.25) is 9.10 Å². The first-order chi connectivity index (χ1) is 11.4. The molecule has 2 aromatic carbocycles. The monoisotopic (exact) mass is 348 g/mol. The first kappa shape index (κ1) is 16.4. The van der Waals surface area contributed by atoms with Crippen LogP contribution in [0.4, 0.5) is 10.1 Å². The molecule has 0 radical (unpaired) electrons. The van der Waals surface area contributed by atoms with Gasteiger partial charge in [0.15, 0.2) is 0 Å². The predicted molar refractivity (Wildman–Crippen MR) is 89.9 cm³/mol. The average Bonchev–Trinajstić information content (AvgIpc) is 2.54. The minimum Gasteiger partial charge on any atom is -0.345 e. The molecular weight excluding hydrogens is 331 g/mol. The molecule has 1 atom stereocenters. The maximum Gasteiger partial charge on any atom is 0.254 e. The Hall–Kier alpha value is -2.41. The number of rotatable bonds is 3. The lowest BCUT2D eigenvalue weighted by Gasteiger charge is -2.34. The highest BCUT2D eigenvalue weighted by molar-refractivity contribution is 7.92. The van der Waals surface area contributed by atoms with Gasteiger partial charge in [0.2, 0.25) is 10.0 Å². The third kappa shape index (κ3) is 3.12. The van der Waals surface area contributed by atoms with E-state index < -0.39 is 21.7 Å². The van der Waals surface area contributed by atoms with Crippen LogP contribution in [0.5, 0.6) is 0 Å². The lowest BCUT2D eigenvalue weighted by atomic mass is 9.97. The third-order valence-corrected chi connectivity index (χ3v) is 5.21. The summed E-state index contributed by atoms with van der Waals surface area (Å²) in [5, 5.41) is 2.80. The Kier molecular flexibility index (Phi) is 4.28. The van der Waals surface area contributed by atoms with Crippen molar-refractivity contribution in [1.82, 2.24) is 5.32 Å². The largest absolute Gasteiger partial charge is 0.345 e. The summed E-state index contributed by atoms with van der Waals surface area (Å²) in [7, 11) is -3.39. The molecule has 1 aliphatic rings. The molecule has 7 heteroatoms. The van der Waals surface area contributed by atoms with E-state index in [1.165, 1.54) is 22.5 Å². The molecule has 2 aromatic rings. The zero-order valence-electron chi connectivity index (χ0n) is 13.1. The fraction of sp³-hybridized carbons (Fsp3) is 0.235. The number of carbonyl (C=O) groups is 1. The number of amides is 1. The highest BCUT2D eigenvalue weighted by atomic mass is 32.2. The number of hydrogen-bond acceptors (Lipinski definition) is 3. The first-order valence-electron chi connectivity index (χ1n) is 7.50. The molecule has 0 aromatic heterocycles. The van der Waals surface area contributed by atoms with E-state index >= 15 is 0 Å². The van der Waals surface area contributed by atoms with Gasteiger partial charge in [-0.2, -0.15) is 0 Å². The van der Waals surface area contributed by atoms with Crippen molar-refractivity contribution >= 4 is 21.6 Å². The number of benzene rings is 2. The van der Waals surface area contributed by atoms with Crippen LogP contribution < -0.4 is 9.62 Å². The highest BCUT2D eigenvalue weighted by Gasteiger charge is 2.30. The SMILES string of the molecule is CS(=O)(=O)N1CCC(NC(=O)c2ccccc2F)c2ccccc21. The molecule has 5 nitrogen and oxygen atoms in total. The van der Waals surface area contributed by atoms with E-state index in [0.29, 0.717) is 17.7 Å². The Morgan fingerprint density at radius 2 is 1.83 bits per heavy atom. The summed E-state index contributed by atoms with van der Waals surface area (Å²) in [6.45, 7) is 0.262. The standard InChI is InChI=1S/C17H17FN2O3S/c1-24(22,23)20-11-10-15(13-7-3-5-9-16(13)20)19-17(21)12-6-2-4-8-14(12)18/h2-9,15H,10-11H2,1H3,(H,19,21). The van der Waals surface area contributed by atoms with Crippen molar-refractivity contribution in [3.8, 4) is 0 Å². The Balaban J connectivity index is 1.90. The van der Waals surface area contributed by atoms with Crippen molar-refractivity contribution in [2.24, 2.45) is 0 Å². The molecule has 0 fully saturated rings. The van der Waals surface area contributed by atoms with Crippen molar-refractivity contribution in [3.63, 3.8) is 0 Å². The minimum absolute atomic E-state index is 0.0273. The maximum absolute atomic E-state index is 13.8. The van der Waals surface area contributed by atoms with E-state index in [-0.39, 0.29) is 18.2 Å². The topological polar surface area (TPSA) is 66.5 Å². The van der Waals surface area contributed by atoms with Gasteiger partial charge in [0.25, 0.3) is 5.91 Å². The zero-order valence-corrected chi connectivity index (χ0v) is 13.9. The third-order valence-electron chi connectivity index (χ3n) is 4.03. The number of sulfonamides is 1. The molecule has 1 unspecified atom stereocenters. The molecule has 24 heavy (non-hydrogen) atoms. The summed E-state index contributed by atoms with van der Waals surface area (Å²) >= 11 is 0. The van der Waals surface area contributed by atoms with Gasteiger partial charge in [-0.25, -0.2) is 12.8 Å². The van der Waals surface area contributed by atoms with Crippen LogP contribution in [-0.4, -0.2) is 27.1 Å². The van der Waals surface area contributed by atoms with E-state index in [1.54, 1.807) is 30.3 Å². The van der Waals surface area contributed by atoms with Crippen molar-refractivity contribution < 1.29 is 17.6 Å². The van der Waals surface area contributed by atoms with Gasteiger partial charge in [0.05, 0.1) is 23.5 Å². The number of para-hydroxylation sites is 1. The van der Waals surface area contributed by atoms with Crippen LogP contribution in [0.2, 0.25) is 0 Å². The van der Waals surface area contributed by atoms with E-state index in [0.717, 1.165) is 6.26 Å². The summed E-state index contributed by atoms with van der Waals surface area (Å²) in [6.07, 6.45) is 1.58. The van der Waals surface area contributed by atoms with Crippen molar-refractivity contribution in [2.45, 2.75) is 12.5 Å². The van der Waals surface area contributed by atoms with Gasteiger partial charge in [0, 0.05) is 6.54 Å². The van der Waals surface area contributed by atoms with Gasteiger partial charge < -0.3 is 5.32 Å². The summed E-state index contributed by atoms with van der Waals surface area (Å²) in [5.74, 6) is -1.10. The molecule has 1 aliphatic heterocycles. The van der Waals surface area contributed by atoms with Gasteiger partial charge in [-0.1, -0.05) is 30.3 Å². The van der Waals surface area contributed by atoms with Gasteiger partial charge in [0.1, 0.15) is 5.82 Å². The van der Waals surface area contributed by atoms with E-state index in [1.807, 2.05) is 0 Å². The van der Waals surface area contributed by atoms with E-state index in [4.69, 9.17) is 0 Å². The number of hydrogen-bond donors (Lipinski definition) is 1. The summed E-state index contributed by atoms with van der Waals surface area (Å²) in [5.41, 5.74) is 1.23. The zero-order chi connectivity index (χ0) is 17.3. The summed E-state index contributed by atoms with van der Waals surface area (Å²) in [6, 6.07) is 12.4. The van der Waals surface area contributed by atoms with Crippen LogP contribution in [0.1, 0.15) is 28.4 Å². The quantitative estimate of drug-likeness (QED) is 0.927. The molecule has 0 aliphatic carbocycles. The van der Waals surface area contributed by atoms with Crippen LogP contribution in [-0.2, 0) is 10.0 Å². The Labute approximate surface area is 140 Å². The first-order valence-corrected chi connectivity index (χ1v) is 9.35. The fourth-order valence-corrected chi connectivity index (χ4v) is 3.87. The van der Waals surface area contributed by atoms with Crippen LogP contribution in [0.25, 0.3) is 0 Å². The predicted octanol–water partition coefficient (Wildman–Crippen LogP) is 2.47. The molecule has 0 saturated heterocycles. The fourth-order valence-electron chi connectivity index (χ4n) is 2.91. The molecule has 0 spiro atoms. The number of fused-ring (bicyclic) bond motifs is 1. The normalized spacial score (nSPS) is 17.2. The van der Waals surface area contributed by atoms with Gasteiger partial charge >= 0.3 is 0 Å². The Bertz CT molecular complexity index is 883. The Morgan fingerprint density at radius 1 is 1.17 bits per heavy atom. The summed E-state index contributed by atoms with van der Waals surface area (Å²) < 4.78 is 39.0. The van der Waals surface area contributed by atoms with E-state index in [9.17, 15) is 17.6 Å².